The summed E-state index contributed by atoms with van der Waals surface area (Å²) in [6, 6.07) is 5.81. The van der Waals surface area contributed by atoms with Crippen LogP contribution in [-0.2, 0) is 19.1 Å². The molecule has 4 rings (SSSR count). The van der Waals surface area contributed by atoms with Crippen LogP contribution in [0.5, 0.6) is 0 Å². The maximum Gasteiger partial charge on any atom is 0.509 e. The van der Waals surface area contributed by atoms with E-state index in [2.05, 4.69) is 0 Å². The molecule has 1 atom stereocenters. The SMILES string of the molecule is O=C1OCC2(CCN(C(=O)C3CC(=O)N(c4cccc(F)c4)C3)CC2)O1. The van der Waals surface area contributed by atoms with Crippen molar-refractivity contribution in [3.63, 3.8) is 0 Å². The van der Waals surface area contributed by atoms with E-state index in [0.29, 0.717) is 31.6 Å². The van der Waals surface area contributed by atoms with Gasteiger partial charge in [0.15, 0.2) is 5.60 Å². The molecule has 26 heavy (non-hydrogen) atoms. The number of hydrogen-bond donors (Lipinski definition) is 0. The molecule has 0 saturated carbocycles. The molecule has 0 aliphatic carbocycles. The minimum Gasteiger partial charge on any atom is -0.430 e. The molecule has 2 amide bonds. The Balaban J connectivity index is 1.39. The smallest absolute Gasteiger partial charge is 0.430 e. The molecule has 1 unspecified atom stereocenters. The van der Waals surface area contributed by atoms with Crippen molar-refractivity contribution in [2.75, 3.05) is 31.1 Å². The van der Waals surface area contributed by atoms with Crippen LogP contribution in [0.25, 0.3) is 0 Å². The van der Waals surface area contributed by atoms with Crippen molar-refractivity contribution in [2.24, 2.45) is 5.92 Å². The summed E-state index contributed by atoms with van der Waals surface area (Å²) in [5, 5.41) is 0. The summed E-state index contributed by atoms with van der Waals surface area (Å²) in [6.45, 7) is 1.39. The third kappa shape index (κ3) is 3.00. The number of rotatable bonds is 2. The predicted molar refractivity (Wildman–Crippen MR) is 87.8 cm³/mol. The van der Waals surface area contributed by atoms with E-state index in [1.165, 1.54) is 17.0 Å². The highest BCUT2D eigenvalue weighted by Crippen LogP contribution is 2.33. The first-order valence-corrected chi connectivity index (χ1v) is 8.66. The summed E-state index contributed by atoms with van der Waals surface area (Å²) in [5.41, 5.74) is -0.148. The largest absolute Gasteiger partial charge is 0.509 e. The van der Waals surface area contributed by atoms with Gasteiger partial charge in [-0.15, -0.1) is 0 Å². The molecule has 0 bridgehead atoms. The topological polar surface area (TPSA) is 76.2 Å². The quantitative estimate of drug-likeness (QED) is 0.749. The van der Waals surface area contributed by atoms with Crippen LogP contribution in [-0.4, -0.2) is 54.7 Å². The van der Waals surface area contributed by atoms with Gasteiger partial charge in [-0.25, -0.2) is 9.18 Å². The highest BCUT2D eigenvalue weighted by molar-refractivity contribution is 6.00. The summed E-state index contributed by atoms with van der Waals surface area (Å²) in [5.74, 6) is -1.13. The summed E-state index contributed by atoms with van der Waals surface area (Å²) in [7, 11) is 0. The van der Waals surface area contributed by atoms with Crippen molar-refractivity contribution in [1.29, 1.82) is 0 Å². The fourth-order valence-electron chi connectivity index (χ4n) is 3.83. The van der Waals surface area contributed by atoms with Gasteiger partial charge < -0.3 is 19.3 Å². The molecule has 138 valence electrons. The summed E-state index contributed by atoms with van der Waals surface area (Å²) >= 11 is 0. The third-order valence-corrected chi connectivity index (χ3v) is 5.33. The zero-order valence-corrected chi connectivity index (χ0v) is 14.2. The molecule has 0 radical (unpaired) electrons. The molecule has 1 spiro atoms. The Morgan fingerprint density at radius 1 is 1.23 bits per heavy atom. The first-order valence-electron chi connectivity index (χ1n) is 8.66. The first kappa shape index (κ1) is 16.8. The predicted octanol–water partition coefficient (Wildman–Crippen LogP) is 1.71. The van der Waals surface area contributed by atoms with Crippen molar-refractivity contribution in [1.82, 2.24) is 4.90 Å². The normalized spacial score (nSPS) is 24.7. The summed E-state index contributed by atoms with van der Waals surface area (Å²) in [6.07, 6.45) is 0.518. The Labute approximate surface area is 149 Å². The van der Waals surface area contributed by atoms with Gasteiger partial charge in [-0.1, -0.05) is 6.07 Å². The molecule has 3 fully saturated rings. The number of carbonyl (C=O) groups is 3. The monoisotopic (exact) mass is 362 g/mol. The Kier molecular flexibility index (Phi) is 4.05. The Hall–Kier alpha value is -2.64. The van der Waals surface area contributed by atoms with Gasteiger partial charge in [0.25, 0.3) is 0 Å². The van der Waals surface area contributed by atoms with E-state index < -0.39 is 23.5 Å². The molecule has 0 aromatic heterocycles. The number of benzene rings is 1. The number of hydrogen-bond acceptors (Lipinski definition) is 5. The van der Waals surface area contributed by atoms with Crippen LogP contribution < -0.4 is 4.90 Å². The molecular formula is C18H19FN2O5. The van der Waals surface area contributed by atoms with Crippen molar-refractivity contribution in [3.8, 4) is 0 Å². The highest BCUT2D eigenvalue weighted by Gasteiger charge is 2.46. The molecule has 0 N–H and O–H groups in total. The second kappa shape index (κ2) is 6.26. The molecule has 8 heteroatoms. The molecule has 3 aliphatic rings. The maximum absolute atomic E-state index is 13.4. The number of amides is 2. The van der Waals surface area contributed by atoms with Gasteiger partial charge in [0.1, 0.15) is 12.4 Å². The fourth-order valence-corrected chi connectivity index (χ4v) is 3.83. The fraction of sp³-hybridized carbons (Fsp3) is 0.500. The van der Waals surface area contributed by atoms with E-state index in [9.17, 15) is 18.8 Å². The van der Waals surface area contributed by atoms with E-state index >= 15 is 0 Å². The number of ether oxygens (including phenoxy) is 2. The van der Waals surface area contributed by atoms with Crippen molar-refractivity contribution < 1.29 is 28.2 Å². The Bertz CT molecular complexity index is 760. The second-order valence-electron chi connectivity index (χ2n) is 7.03. The van der Waals surface area contributed by atoms with Crippen LogP contribution in [0.3, 0.4) is 0 Å². The van der Waals surface area contributed by atoms with Crippen LogP contribution in [0.1, 0.15) is 19.3 Å². The minimum atomic E-state index is -0.656. The van der Waals surface area contributed by atoms with Gasteiger partial charge >= 0.3 is 6.16 Å². The number of cyclic esters (lactones) is 1. The van der Waals surface area contributed by atoms with Crippen molar-refractivity contribution in [2.45, 2.75) is 24.9 Å². The molecule has 7 nitrogen and oxygen atoms in total. The van der Waals surface area contributed by atoms with Crippen molar-refractivity contribution in [3.05, 3.63) is 30.1 Å². The van der Waals surface area contributed by atoms with Crippen LogP contribution in [0.2, 0.25) is 0 Å². The zero-order chi connectivity index (χ0) is 18.3. The van der Waals surface area contributed by atoms with Crippen LogP contribution in [0, 0.1) is 11.7 Å². The standard InChI is InChI=1S/C18H19FN2O5/c19-13-2-1-3-14(9-13)21-10-12(8-15(21)22)16(23)20-6-4-18(5-7-20)11-25-17(24)26-18/h1-3,9,12H,4-8,10-11H2. The molecular weight excluding hydrogens is 343 g/mol. The zero-order valence-electron chi connectivity index (χ0n) is 14.2. The number of piperidine rings is 1. The number of halogens is 1. The summed E-state index contributed by atoms with van der Waals surface area (Å²) < 4.78 is 23.5. The van der Waals surface area contributed by atoms with Gasteiger partial charge in [-0.2, -0.15) is 0 Å². The average molecular weight is 362 g/mol. The van der Waals surface area contributed by atoms with Gasteiger partial charge in [-0.05, 0) is 18.2 Å². The van der Waals surface area contributed by atoms with Crippen molar-refractivity contribution >= 4 is 23.7 Å². The van der Waals surface area contributed by atoms with Crippen LogP contribution in [0.4, 0.5) is 14.9 Å². The lowest BCUT2D eigenvalue weighted by Gasteiger charge is -2.37. The second-order valence-corrected chi connectivity index (χ2v) is 7.03. The third-order valence-electron chi connectivity index (χ3n) is 5.33. The van der Waals surface area contributed by atoms with Gasteiger partial charge in [0, 0.05) is 44.6 Å². The van der Waals surface area contributed by atoms with Gasteiger partial charge in [0.2, 0.25) is 11.8 Å². The van der Waals surface area contributed by atoms with E-state index in [0.717, 1.165) is 0 Å². The molecule has 1 aromatic rings. The lowest BCUT2D eigenvalue weighted by molar-refractivity contribution is -0.139. The van der Waals surface area contributed by atoms with E-state index in [1.54, 1.807) is 17.0 Å². The van der Waals surface area contributed by atoms with E-state index in [1.807, 2.05) is 0 Å². The first-order chi connectivity index (χ1) is 12.5. The summed E-state index contributed by atoms with van der Waals surface area (Å²) in [4.78, 5) is 39.4. The molecule has 1 aromatic carbocycles. The number of carbonyl (C=O) groups excluding carboxylic acids is 3. The number of nitrogens with zero attached hydrogens (tertiary/aromatic N) is 2. The van der Waals surface area contributed by atoms with E-state index in [-0.39, 0.29) is 31.4 Å². The Morgan fingerprint density at radius 3 is 2.65 bits per heavy atom. The lowest BCUT2D eigenvalue weighted by Crippen LogP contribution is -2.49. The number of anilines is 1. The van der Waals surface area contributed by atoms with E-state index in [4.69, 9.17) is 9.47 Å². The molecule has 3 aliphatic heterocycles. The van der Waals surface area contributed by atoms with Gasteiger partial charge in [0.05, 0.1) is 5.92 Å². The molecule has 3 heterocycles. The Morgan fingerprint density at radius 2 is 2.00 bits per heavy atom. The molecule has 3 saturated heterocycles. The number of likely N-dealkylation sites (tertiary alicyclic amines) is 1. The van der Waals surface area contributed by atoms with Gasteiger partial charge in [-0.3, -0.25) is 9.59 Å². The average Bonchev–Trinajstić information content (AvgIpc) is 3.18. The van der Waals surface area contributed by atoms with Crippen LogP contribution in [0.15, 0.2) is 24.3 Å². The highest BCUT2D eigenvalue weighted by atomic mass is 19.1. The lowest BCUT2D eigenvalue weighted by atomic mass is 9.91. The van der Waals surface area contributed by atoms with Crippen LogP contribution >= 0.6 is 0 Å². The minimum absolute atomic E-state index is 0.0858. The maximum atomic E-state index is 13.4.